The normalized spacial score (nSPS) is 12.7. The van der Waals surface area contributed by atoms with Gasteiger partial charge in [0.05, 0.1) is 0 Å². The topological polar surface area (TPSA) is 78.9 Å². The maximum absolute atomic E-state index is 12.9. The summed E-state index contributed by atoms with van der Waals surface area (Å²) >= 11 is 0. The van der Waals surface area contributed by atoms with E-state index in [1.54, 1.807) is 0 Å². The van der Waals surface area contributed by atoms with Crippen LogP contribution in [0.3, 0.4) is 0 Å². The number of hydrogen-bond donors (Lipinski definition) is 0. The summed E-state index contributed by atoms with van der Waals surface area (Å²) in [5.74, 6) is -0.888. The quantitative estimate of drug-likeness (QED) is 0.0261. The molecule has 0 amide bonds. The van der Waals surface area contributed by atoms with Crippen molar-refractivity contribution >= 4 is 17.9 Å². The lowest BCUT2D eigenvalue weighted by atomic mass is 10.0. The number of unbranched alkanes of at least 4 members (excludes halogenated alkanes) is 37. The summed E-state index contributed by atoms with van der Waals surface area (Å²) in [4.78, 5) is 38.4. The molecule has 0 aliphatic heterocycles. The molecule has 0 saturated heterocycles. The fourth-order valence-corrected chi connectivity index (χ4v) is 10.0. The zero-order valence-corrected chi connectivity index (χ0v) is 54.2. The first-order valence-corrected chi connectivity index (χ1v) is 35.2. The molecule has 0 aromatic rings. The highest BCUT2D eigenvalue weighted by Gasteiger charge is 2.19. The summed E-state index contributed by atoms with van der Waals surface area (Å²) in [5.41, 5.74) is 0. The number of allylic oxidation sites excluding steroid dienone is 16. The minimum absolute atomic E-state index is 0.0822. The van der Waals surface area contributed by atoms with Crippen LogP contribution in [0.1, 0.15) is 348 Å². The summed E-state index contributed by atoms with van der Waals surface area (Å²) in [6.45, 7) is 6.51. The van der Waals surface area contributed by atoms with Crippen molar-refractivity contribution in [2.45, 2.75) is 354 Å². The van der Waals surface area contributed by atoms with Crippen LogP contribution in [0.2, 0.25) is 0 Å². The minimum Gasteiger partial charge on any atom is -0.462 e. The van der Waals surface area contributed by atoms with Gasteiger partial charge in [0.1, 0.15) is 13.2 Å². The molecule has 6 heteroatoms. The van der Waals surface area contributed by atoms with E-state index in [-0.39, 0.29) is 31.1 Å². The Bertz CT molecular complexity index is 1590. The Labute approximate surface area is 508 Å². The third-order valence-corrected chi connectivity index (χ3v) is 15.3. The Morgan fingerprint density at radius 3 is 0.768 bits per heavy atom. The summed E-state index contributed by atoms with van der Waals surface area (Å²) < 4.78 is 17.0. The molecule has 0 heterocycles. The Morgan fingerprint density at radius 2 is 0.476 bits per heavy atom. The smallest absolute Gasteiger partial charge is 0.306 e. The molecule has 1 unspecified atom stereocenters. The van der Waals surface area contributed by atoms with Crippen LogP contribution in [-0.2, 0) is 28.6 Å². The number of ether oxygens (including phenoxy) is 3. The van der Waals surface area contributed by atoms with E-state index in [9.17, 15) is 14.4 Å². The van der Waals surface area contributed by atoms with E-state index in [4.69, 9.17) is 14.2 Å². The second-order valence-electron chi connectivity index (χ2n) is 23.4. The van der Waals surface area contributed by atoms with Crippen molar-refractivity contribution in [2.75, 3.05) is 13.2 Å². The van der Waals surface area contributed by atoms with E-state index in [0.29, 0.717) is 19.3 Å². The van der Waals surface area contributed by atoms with Crippen LogP contribution in [0, 0.1) is 0 Å². The Kier molecular flexibility index (Phi) is 66.7. The molecule has 0 fully saturated rings. The average molecular weight is 1140 g/mol. The van der Waals surface area contributed by atoms with Gasteiger partial charge in [0.25, 0.3) is 0 Å². The monoisotopic (exact) mass is 1140 g/mol. The number of esters is 3. The van der Waals surface area contributed by atoms with Crippen molar-refractivity contribution in [1.82, 2.24) is 0 Å². The zero-order chi connectivity index (χ0) is 59.2. The van der Waals surface area contributed by atoms with Gasteiger partial charge in [-0.15, -0.1) is 0 Å². The van der Waals surface area contributed by atoms with E-state index in [0.717, 1.165) is 116 Å². The molecule has 82 heavy (non-hydrogen) atoms. The van der Waals surface area contributed by atoms with Crippen LogP contribution in [0.4, 0.5) is 0 Å². The van der Waals surface area contributed by atoms with Crippen LogP contribution in [0.25, 0.3) is 0 Å². The molecule has 0 aromatic carbocycles. The van der Waals surface area contributed by atoms with Crippen LogP contribution < -0.4 is 0 Å². The summed E-state index contributed by atoms with van der Waals surface area (Å²) in [6.07, 6.45) is 94.3. The molecular formula is C76H132O6. The molecule has 0 radical (unpaired) electrons. The number of rotatable bonds is 64. The Hall–Kier alpha value is -3.67. The molecule has 6 nitrogen and oxygen atoms in total. The van der Waals surface area contributed by atoms with Crippen molar-refractivity contribution < 1.29 is 28.6 Å². The predicted molar refractivity (Wildman–Crippen MR) is 357 cm³/mol. The molecule has 0 bridgehead atoms. The van der Waals surface area contributed by atoms with E-state index in [1.165, 1.54) is 193 Å². The van der Waals surface area contributed by atoms with Crippen LogP contribution in [0.5, 0.6) is 0 Å². The van der Waals surface area contributed by atoms with Gasteiger partial charge in [0.15, 0.2) is 6.10 Å². The predicted octanol–water partition coefficient (Wildman–Crippen LogP) is 24.4. The fourth-order valence-electron chi connectivity index (χ4n) is 10.0. The summed E-state index contributed by atoms with van der Waals surface area (Å²) in [5, 5.41) is 0. The second-order valence-corrected chi connectivity index (χ2v) is 23.4. The molecule has 0 saturated carbocycles. The third kappa shape index (κ3) is 67.1. The lowest BCUT2D eigenvalue weighted by molar-refractivity contribution is -0.167. The minimum atomic E-state index is -0.788. The number of carbonyl (C=O) groups is 3. The van der Waals surface area contributed by atoms with Gasteiger partial charge >= 0.3 is 17.9 Å². The van der Waals surface area contributed by atoms with Gasteiger partial charge in [-0.05, 0) is 122 Å². The Balaban J connectivity index is 4.24. The maximum atomic E-state index is 12.9. The molecule has 1 atom stereocenters. The summed E-state index contributed by atoms with van der Waals surface area (Å²) in [7, 11) is 0. The van der Waals surface area contributed by atoms with Crippen LogP contribution in [-0.4, -0.2) is 37.2 Å². The number of carbonyl (C=O) groups excluding carboxylic acids is 3. The first kappa shape index (κ1) is 78.3. The third-order valence-electron chi connectivity index (χ3n) is 15.3. The first-order chi connectivity index (χ1) is 40.5. The van der Waals surface area contributed by atoms with Crippen molar-refractivity contribution in [1.29, 1.82) is 0 Å². The van der Waals surface area contributed by atoms with Crippen LogP contribution >= 0.6 is 0 Å². The van der Waals surface area contributed by atoms with Gasteiger partial charge in [-0.1, -0.05) is 304 Å². The van der Waals surface area contributed by atoms with Gasteiger partial charge < -0.3 is 14.2 Å². The fraction of sp³-hybridized carbons (Fsp3) is 0.750. The van der Waals surface area contributed by atoms with Gasteiger partial charge in [0.2, 0.25) is 0 Å². The van der Waals surface area contributed by atoms with Crippen molar-refractivity contribution in [2.24, 2.45) is 0 Å². The molecule has 0 aliphatic carbocycles. The standard InChI is InChI=1S/C76H132O6/c1-4-7-10-13-16-19-22-25-28-31-32-33-34-35-36-37-38-39-40-41-42-43-44-46-48-51-54-57-60-63-66-69-75(78)81-72-73(71-80-74(77)68-65-62-59-56-53-50-47-30-27-24-21-18-15-12-9-6-3)82-76(79)70-67-64-61-58-55-52-49-45-29-26-23-20-17-14-11-8-5-2/h7,10,16-17,19-21,24-26,28-30,32-33,47,73H,4-6,8-9,11-15,18,22-23,27,31,34-46,48-72H2,1-3H3/b10-7-,19-16-,20-17-,24-21-,28-25-,29-26-,33-32-,47-30-. The lowest BCUT2D eigenvalue weighted by Gasteiger charge is -2.18. The Morgan fingerprint density at radius 1 is 0.256 bits per heavy atom. The van der Waals surface area contributed by atoms with E-state index >= 15 is 0 Å². The van der Waals surface area contributed by atoms with Gasteiger partial charge in [-0.25, -0.2) is 0 Å². The summed E-state index contributed by atoms with van der Waals surface area (Å²) in [6, 6.07) is 0. The molecular weight excluding hydrogens is 1010 g/mol. The maximum Gasteiger partial charge on any atom is 0.306 e. The highest BCUT2D eigenvalue weighted by Crippen LogP contribution is 2.17. The zero-order valence-electron chi connectivity index (χ0n) is 54.2. The molecule has 0 spiro atoms. The van der Waals surface area contributed by atoms with Gasteiger partial charge in [-0.3, -0.25) is 14.4 Å². The highest BCUT2D eigenvalue weighted by molar-refractivity contribution is 5.71. The van der Waals surface area contributed by atoms with Crippen LogP contribution in [0.15, 0.2) is 97.2 Å². The van der Waals surface area contributed by atoms with Gasteiger partial charge in [-0.2, -0.15) is 0 Å². The van der Waals surface area contributed by atoms with Crippen molar-refractivity contribution in [3.05, 3.63) is 97.2 Å². The van der Waals surface area contributed by atoms with E-state index in [1.807, 2.05) is 0 Å². The second kappa shape index (κ2) is 69.8. The lowest BCUT2D eigenvalue weighted by Crippen LogP contribution is -2.30. The molecule has 0 rings (SSSR count). The molecule has 0 aromatic heterocycles. The van der Waals surface area contributed by atoms with Gasteiger partial charge in [0, 0.05) is 19.3 Å². The molecule has 0 N–H and O–H groups in total. The molecule has 472 valence electrons. The number of hydrogen-bond acceptors (Lipinski definition) is 6. The first-order valence-electron chi connectivity index (χ1n) is 35.2. The van der Waals surface area contributed by atoms with Crippen molar-refractivity contribution in [3.63, 3.8) is 0 Å². The largest absolute Gasteiger partial charge is 0.462 e. The average Bonchev–Trinajstić information content (AvgIpc) is 3.48. The SMILES string of the molecule is CC/C=C\C/C=C\C/C=C\C/C=C\CCCCCCCCCCCCCCCCCCCCC(=O)OCC(COC(=O)CCCCCCC/C=C\C/C=C\CCCCCC)OC(=O)CCCCCCCCC/C=C\C/C=C\CCCCC. The van der Waals surface area contributed by atoms with Crippen molar-refractivity contribution in [3.8, 4) is 0 Å². The van der Waals surface area contributed by atoms with E-state index < -0.39 is 6.10 Å². The highest BCUT2D eigenvalue weighted by atomic mass is 16.6. The van der Waals surface area contributed by atoms with E-state index in [2.05, 4.69) is 118 Å². The molecule has 0 aliphatic rings.